The van der Waals surface area contributed by atoms with Crippen LogP contribution in [-0.4, -0.2) is 24.7 Å². The first-order valence-corrected chi connectivity index (χ1v) is 7.17. The van der Waals surface area contributed by atoms with Gasteiger partial charge in [-0.3, -0.25) is 4.68 Å². The van der Waals surface area contributed by atoms with E-state index < -0.39 is 0 Å². The first-order valence-electron chi connectivity index (χ1n) is 6.76. The van der Waals surface area contributed by atoms with Gasteiger partial charge in [0, 0.05) is 30.2 Å². The van der Waals surface area contributed by atoms with E-state index in [2.05, 4.69) is 15.5 Å². The molecule has 0 bridgehead atoms. The molecule has 1 aromatic carbocycles. The summed E-state index contributed by atoms with van der Waals surface area (Å²) in [5.41, 5.74) is 10.3. The lowest BCUT2D eigenvalue weighted by Gasteiger charge is -2.05. The normalized spacial score (nSPS) is 10.6. The highest BCUT2D eigenvalue weighted by Gasteiger charge is 2.10. The fourth-order valence-corrected chi connectivity index (χ4v) is 2.32. The molecule has 3 N–H and O–H groups in total. The number of aryl methyl sites for hydroxylation is 1. The summed E-state index contributed by atoms with van der Waals surface area (Å²) in [5, 5.41) is 12.0. The highest BCUT2D eigenvalue weighted by atomic mass is 32.1. The molecule has 3 aromatic rings. The zero-order valence-electron chi connectivity index (χ0n) is 12.3. The number of benzene rings is 1. The van der Waals surface area contributed by atoms with Gasteiger partial charge in [0.2, 0.25) is 0 Å². The zero-order valence-corrected chi connectivity index (χ0v) is 13.1. The van der Waals surface area contributed by atoms with Crippen LogP contribution in [0.4, 0.5) is 5.69 Å². The number of nitrogens with two attached hydrogens (primary N) is 1. The predicted octanol–water partition coefficient (Wildman–Crippen LogP) is 2.24. The Balaban J connectivity index is 1.87. The molecule has 6 nitrogen and oxygen atoms in total. The second-order valence-electron chi connectivity index (χ2n) is 4.95. The minimum atomic E-state index is 0.251. The average molecular weight is 312 g/mol. The SMILES string of the molecule is Cc1c(-c2ccn(-c3ccc(NC(N)=S)cc3)n2)cnn1C. The summed E-state index contributed by atoms with van der Waals surface area (Å²) in [7, 11) is 1.92. The Hall–Kier alpha value is -2.67. The van der Waals surface area contributed by atoms with Crippen LogP contribution in [0.25, 0.3) is 16.9 Å². The minimum absolute atomic E-state index is 0.251. The Labute approximate surface area is 133 Å². The monoisotopic (exact) mass is 312 g/mol. The Morgan fingerprint density at radius 1 is 1.23 bits per heavy atom. The van der Waals surface area contributed by atoms with Crippen molar-refractivity contribution in [2.45, 2.75) is 6.92 Å². The van der Waals surface area contributed by atoms with Crippen LogP contribution in [0.3, 0.4) is 0 Å². The van der Waals surface area contributed by atoms with Gasteiger partial charge >= 0.3 is 0 Å². The van der Waals surface area contributed by atoms with Crippen LogP contribution >= 0.6 is 12.2 Å². The molecular formula is C15H16N6S. The fourth-order valence-electron chi connectivity index (χ4n) is 2.20. The van der Waals surface area contributed by atoms with E-state index in [0.29, 0.717) is 0 Å². The molecule has 0 aliphatic heterocycles. The molecule has 0 aliphatic rings. The standard InChI is InChI=1S/C15H16N6S/c1-10-13(9-17-20(10)2)14-7-8-21(19-14)12-5-3-11(4-6-12)18-15(16)22/h3-9H,1-2H3,(H3,16,18,22). The maximum atomic E-state index is 5.45. The van der Waals surface area contributed by atoms with E-state index in [1.54, 1.807) is 0 Å². The molecule has 112 valence electrons. The minimum Gasteiger partial charge on any atom is -0.376 e. The maximum Gasteiger partial charge on any atom is 0.168 e. The Morgan fingerprint density at radius 3 is 2.55 bits per heavy atom. The molecule has 2 aromatic heterocycles. The summed E-state index contributed by atoms with van der Waals surface area (Å²) in [4.78, 5) is 0. The quantitative estimate of drug-likeness (QED) is 0.726. The smallest absolute Gasteiger partial charge is 0.168 e. The van der Waals surface area contributed by atoms with E-state index in [9.17, 15) is 0 Å². The van der Waals surface area contributed by atoms with Crippen molar-refractivity contribution in [1.29, 1.82) is 0 Å². The lowest BCUT2D eigenvalue weighted by atomic mass is 10.2. The number of aromatic nitrogens is 4. The first kappa shape index (κ1) is 14.3. The lowest BCUT2D eigenvalue weighted by molar-refractivity contribution is 0.740. The number of anilines is 1. The van der Waals surface area contributed by atoms with E-state index >= 15 is 0 Å². The van der Waals surface area contributed by atoms with Gasteiger partial charge < -0.3 is 11.1 Å². The third-order valence-electron chi connectivity index (χ3n) is 3.50. The van der Waals surface area contributed by atoms with Crippen LogP contribution in [0.15, 0.2) is 42.7 Å². The van der Waals surface area contributed by atoms with E-state index in [1.165, 1.54) is 0 Å². The van der Waals surface area contributed by atoms with Crippen LogP contribution in [0.2, 0.25) is 0 Å². The molecule has 0 spiro atoms. The van der Waals surface area contributed by atoms with Crippen LogP contribution in [0.1, 0.15) is 5.69 Å². The zero-order chi connectivity index (χ0) is 15.7. The number of nitrogens with zero attached hydrogens (tertiary/aromatic N) is 4. The molecule has 0 saturated carbocycles. The molecule has 0 amide bonds. The van der Waals surface area contributed by atoms with Gasteiger partial charge in [0.05, 0.1) is 17.6 Å². The van der Waals surface area contributed by atoms with Crippen molar-refractivity contribution in [3.8, 4) is 16.9 Å². The molecule has 2 heterocycles. The largest absolute Gasteiger partial charge is 0.376 e. The molecule has 3 rings (SSSR count). The van der Waals surface area contributed by atoms with Crippen LogP contribution < -0.4 is 11.1 Å². The van der Waals surface area contributed by atoms with Crippen molar-refractivity contribution in [1.82, 2.24) is 19.6 Å². The summed E-state index contributed by atoms with van der Waals surface area (Å²) in [5.74, 6) is 0. The number of hydrogen-bond acceptors (Lipinski definition) is 3. The lowest BCUT2D eigenvalue weighted by Crippen LogP contribution is -2.18. The molecule has 0 atom stereocenters. The Kier molecular flexibility index (Phi) is 3.64. The highest BCUT2D eigenvalue weighted by molar-refractivity contribution is 7.80. The van der Waals surface area contributed by atoms with Crippen LogP contribution in [0.5, 0.6) is 0 Å². The molecule has 7 heteroatoms. The number of rotatable bonds is 3. The molecular weight excluding hydrogens is 296 g/mol. The van der Waals surface area contributed by atoms with Gasteiger partial charge in [0.25, 0.3) is 0 Å². The van der Waals surface area contributed by atoms with E-state index in [-0.39, 0.29) is 5.11 Å². The second-order valence-corrected chi connectivity index (χ2v) is 5.39. The summed E-state index contributed by atoms with van der Waals surface area (Å²) < 4.78 is 3.66. The van der Waals surface area contributed by atoms with Gasteiger partial charge in [0.15, 0.2) is 5.11 Å². The predicted molar refractivity (Wildman–Crippen MR) is 90.9 cm³/mol. The van der Waals surface area contributed by atoms with Crippen LogP contribution in [-0.2, 0) is 7.05 Å². The molecule has 0 fully saturated rings. The third kappa shape index (κ3) is 2.71. The fraction of sp³-hybridized carbons (Fsp3) is 0.133. The molecule has 22 heavy (non-hydrogen) atoms. The van der Waals surface area contributed by atoms with E-state index in [4.69, 9.17) is 18.0 Å². The Morgan fingerprint density at radius 2 is 1.95 bits per heavy atom. The summed E-state index contributed by atoms with van der Waals surface area (Å²) in [6.07, 6.45) is 3.76. The van der Waals surface area contributed by atoms with Gasteiger partial charge in [0.1, 0.15) is 0 Å². The van der Waals surface area contributed by atoms with Gasteiger partial charge in [-0.2, -0.15) is 10.2 Å². The highest BCUT2D eigenvalue weighted by Crippen LogP contribution is 2.22. The summed E-state index contributed by atoms with van der Waals surface area (Å²) >= 11 is 4.82. The number of thiocarbonyl (C=S) groups is 1. The summed E-state index contributed by atoms with van der Waals surface area (Å²) in [6.45, 7) is 2.03. The van der Waals surface area contributed by atoms with E-state index in [1.807, 2.05) is 66.1 Å². The van der Waals surface area contributed by atoms with Gasteiger partial charge in [-0.05, 0) is 49.5 Å². The Bertz CT molecular complexity index is 815. The molecule has 0 unspecified atom stereocenters. The van der Waals surface area contributed by atoms with Crippen molar-refractivity contribution < 1.29 is 0 Å². The van der Waals surface area contributed by atoms with Gasteiger partial charge in [-0.1, -0.05) is 0 Å². The van der Waals surface area contributed by atoms with Crippen LogP contribution in [0, 0.1) is 6.92 Å². The first-order chi connectivity index (χ1) is 10.5. The van der Waals surface area contributed by atoms with Crippen molar-refractivity contribution >= 4 is 23.0 Å². The van der Waals surface area contributed by atoms with Crippen molar-refractivity contribution in [3.63, 3.8) is 0 Å². The van der Waals surface area contributed by atoms with Crippen molar-refractivity contribution in [2.75, 3.05) is 5.32 Å². The summed E-state index contributed by atoms with van der Waals surface area (Å²) in [6, 6.07) is 9.70. The maximum absolute atomic E-state index is 5.45. The third-order valence-corrected chi connectivity index (χ3v) is 3.60. The van der Waals surface area contributed by atoms with Crippen molar-refractivity contribution in [3.05, 3.63) is 48.4 Å². The second kappa shape index (κ2) is 5.61. The van der Waals surface area contributed by atoms with E-state index in [0.717, 1.165) is 28.3 Å². The number of hydrogen-bond donors (Lipinski definition) is 2. The number of nitrogens with one attached hydrogen (secondary N) is 1. The average Bonchev–Trinajstić information content (AvgIpc) is 3.08. The van der Waals surface area contributed by atoms with Gasteiger partial charge in [-0.25, -0.2) is 4.68 Å². The van der Waals surface area contributed by atoms with Crippen molar-refractivity contribution in [2.24, 2.45) is 12.8 Å². The van der Waals surface area contributed by atoms with Gasteiger partial charge in [-0.15, -0.1) is 0 Å². The molecule has 0 radical (unpaired) electrons. The molecule has 0 aliphatic carbocycles. The topological polar surface area (TPSA) is 73.7 Å². The molecule has 0 saturated heterocycles.